The molecule has 43 heavy (non-hydrogen) atoms. The Hall–Kier alpha value is -3.85. The first-order chi connectivity index (χ1) is 20.8. The lowest BCUT2D eigenvalue weighted by Gasteiger charge is -2.32. The Balaban J connectivity index is 1.19. The van der Waals surface area contributed by atoms with E-state index in [0.29, 0.717) is 43.5 Å². The lowest BCUT2D eigenvalue weighted by atomic mass is 10.0. The summed E-state index contributed by atoms with van der Waals surface area (Å²) >= 11 is 0. The van der Waals surface area contributed by atoms with E-state index in [2.05, 4.69) is 68.6 Å². The number of hydrogen-bond donors (Lipinski definition) is 2. The number of fused-ring (bicyclic) bond motifs is 1. The molecular weight excluding hydrogens is 544 g/mol. The summed E-state index contributed by atoms with van der Waals surface area (Å²) in [5.41, 5.74) is 4.78. The average Bonchev–Trinajstić information content (AvgIpc) is 3.49. The van der Waals surface area contributed by atoms with Crippen LogP contribution in [0.2, 0.25) is 0 Å². The SMILES string of the molecule is CCn1cc(-c2cccc(CCOCCC(=O)N(CCCCCc3ccc(O)c4c3OCC(=O)N4)[C@H](C)C(C)C)c2)cn1. The summed E-state index contributed by atoms with van der Waals surface area (Å²) in [5, 5.41) is 17.1. The molecule has 9 heteroatoms. The van der Waals surface area contributed by atoms with E-state index in [1.165, 1.54) is 5.56 Å². The molecule has 0 fully saturated rings. The van der Waals surface area contributed by atoms with Gasteiger partial charge in [-0.15, -0.1) is 0 Å². The van der Waals surface area contributed by atoms with Crippen LogP contribution >= 0.6 is 0 Å². The number of amides is 2. The minimum absolute atomic E-state index is 0.0121. The maximum Gasteiger partial charge on any atom is 0.262 e. The molecule has 2 N–H and O–H groups in total. The summed E-state index contributed by atoms with van der Waals surface area (Å²) in [6.07, 6.45) is 8.65. The minimum atomic E-state index is -0.267. The highest BCUT2D eigenvalue weighted by Gasteiger charge is 2.23. The zero-order valence-corrected chi connectivity index (χ0v) is 26.0. The molecule has 0 aliphatic carbocycles. The van der Waals surface area contributed by atoms with E-state index in [4.69, 9.17) is 9.47 Å². The number of aryl methyl sites for hydroxylation is 2. The van der Waals surface area contributed by atoms with Gasteiger partial charge in [-0.05, 0) is 68.2 Å². The fourth-order valence-electron chi connectivity index (χ4n) is 5.29. The number of nitrogens with one attached hydrogen (secondary N) is 1. The third kappa shape index (κ3) is 8.83. The van der Waals surface area contributed by atoms with E-state index in [0.717, 1.165) is 55.3 Å². The predicted molar refractivity (Wildman–Crippen MR) is 168 cm³/mol. The molecule has 9 nitrogen and oxygen atoms in total. The number of aromatic nitrogens is 2. The zero-order valence-electron chi connectivity index (χ0n) is 26.0. The smallest absolute Gasteiger partial charge is 0.262 e. The van der Waals surface area contributed by atoms with Gasteiger partial charge in [-0.3, -0.25) is 14.3 Å². The molecule has 0 spiro atoms. The highest BCUT2D eigenvalue weighted by Crippen LogP contribution is 2.39. The molecule has 4 rings (SSSR count). The van der Waals surface area contributed by atoms with E-state index in [1.807, 2.05) is 21.8 Å². The van der Waals surface area contributed by atoms with Crippen molar-refractivity contribution >= 4 is 17.5 Å². The van der Waals surface area contributed by atoms with Crippen molar-refractivity contribution in [2.24, 2.45) is 5.92 Å². The van der Waals surface area contributed by atoms with Crippen LogP contribution in [0, 0.1) is 5.92 Å². The van der Waals surface area contributed by atoms with Gasteiger partial charge in [-0.1, -0.05) is 50.6 Å². The lowest BCUT2D eigenvalue weighted by molar-refractivity contribution is -0.135. The normalized spacial score (nSPS) is 13.4. The molecule has 232 valence electrons. The van der Waals surface area contributed by atoms with Gasteiger partial charge in [0.1, 0.15) is 11.4 Å². The highest BCUT2D eigenvalue weighted by atomic mass is 16.5. The first-order valence-electron chi connectivity index (χ1n) is 15.5. The van der Waals surface area contributed by atoms with Crippen molar-refractivity contribution in [2.45, 2.75) is 78.8 Å². The fourth-order valence-corrected chi connectivity index (χ4v) is 5.29. The number of aromatic hydroxyl groups is 1. The summed E-state index contributed by atoms with van der Waals surface area (Å²) in [5.74, 6) is 0.793. The van der Waals surface area contributed by atoms with Crippen LogP contribution < -0.4 is 10.1 Å². The predicted octanol–water partition coefficient (Wildman–Crippen LogP) is 5.84. The Morgan fingerprint density at radius 2 is 1.95 bits per heavy atom. The molecule has 0 radical (unpaired) electrons. The quantitative estimate of drug-likeness (QED) is 0.160. The maximum absolute atomic E-state index is 13.2. The molecule has 2 aromatic carbocycles. The van der Waals surface area contributed by atoms with Crippen LogP contribution in [0.3, 0.4) is 0 Å². The number of carbonyl (C=O) groups is 2. The largest absolute Gasteiger partial charge is 0.506 e. The number of phenols is 1. The van der Waals surface area contributed by atoms with Crippen LogP contribution in [-0.2, 0) is 33.7 Å². The molecule has 2 heterocycles. The van der Waals surface area contributed by atoms with Gasteiger partial charge < -0.3 is 24.8 Å². The Labute approximate surface area is 255 Å². The summed E-state index contributed by atoms with van der Waals surface area (Å²) in [6.45, 7) is 11.0. The second-order valence-electron chi connectivity index (χ2n) is 11.6. The van der Waals surface area contributed by atoms with Crippen molar-refractivity contribution in [2.75, 3.05) is 31.7 Å². The molecule has 1 aliphatic heterocycles. The second kappa shape index (κ2) is 15.6. The summed E-state index contributed by atoms with van der Waals surface area (Å²) < 4.78 is 13.4. The van der Waals surface area contributed by atoms with Crippen LogP contribution in [0.25, 0.3) is 11.1 Å². The Morgan fingerprint density at radius 3 is 2.72 bits per heavy atom. The van der Waals surface area contributed by atoms with E-state index in [-0.39, 0.29) is 30.2 Å². The monoisotopic (exact) mass is 590 g/mol. The number of nitrogens with zero attached hydrogens (tertiary/aromatic N) is 3. The van der Waals surface area contributed by atoms with E-state index in [9.17, 15) is 14.7 Å². The second-order valence-corrected chi connectivity index (χ2v) is 11.6. The number of hydrogen-bond acceptors (Lipinski definition) is 6. The molecule has 0 bridgehead atoms. The van der Waals surface area contributed by atoms with Crippen LogP contribution in [0.4, 0.5) is 5.69 Å². The van der Waals surface area contributed by atoms with Crippen molar-refractivity contribution in [1.29, 1.82) is 0 Å². The van der Waals surface area contributed by atoms with Crippen LogP contribution in [-0.4, -0.2) is 64.0 Å². The fraction of sp³-hybridized carbons (Fsp3) is 0.500. The Bertz CT molecular complexity index is 1370. The first kappa shape index (κ1) is 32.1. The molecule has 0 unspecified atom stereocenters. The van der Waals surface area contributed by atoms with Crippen LogP contribution in [0.1, 0.15) is 64.5 Å². The van der Waals surface area contributed by atoms with E-state index < -0.39 is 0 Å². The first-order valence-corrected chi connectivity index (χ1v) is 15.5. The number of unbranched alkanes of at least 4 members (excludes halogenated alkanes) is 2. The van der Waals surface area contributed by atoms with Gasteiger partial charge in [0.05, 0.1) is 25.8 Å². The number of carbonyl (C=O) groups excluding carboxylic acids is 2. The maximum atomic E-state index is 13.2. The number of benzene rings is 2. The van der Waals surface area contributed by atoms with Gasteiger partial charge >= 0.3 is 0 Å². The number of anilines is 1. The topological polar surface area (TPSA) is 106 Å². The number of rotatable bonds is 16. The molecule has 0 saturated heterocycles. The number of phenolic OH excluding ortho intramolecular Hbond substituents is 1. The summed E-state index contributed by atoms with van der Waals surface area (Å²) in [6, 6.07) is 12.0. The Morgan fingerprint density at radius 1 is 1.12 bits per heavy atom. The van der Waals surface area contributed by atoms with Gasteiger partial charge in [-0.25, -0.2) is 0 Å². The summed E-state index contributed by atoms with van der Waals surface area (Å²) in [4.78, 5) is 26.9. The molecule has 3 aromatic rings. The van der Waals surface area contributed by atoms with Gasteiger partial charge in [-0.2, -0.15) is 5.10 Å². The summed E-state index contributed by atoms with van der Waals surface area (Å²) in [7, 11) is 0. The number of ether oxygens (including phenoxy) is 2. The molecule has 2 amide bonds. The average molecular weight is 591 g/mol. The molecule has 1 aromatic heterocycles. The van der Waals surface area contributed by atoms with Crippen molar-refractivity contribution < 1.29 is 24.2 Å². The van der Waals surface area contributed by atoms with Crippen molar-refractivity contribution in [3.05, 3.63) is 59.9 Å². The highest BCUT2D eigenvalue weighted by molar-refractivity contribution is 5.97. The lowest BCUT2D eigenvalue weighted by Crippen LogP contribution is -2.42. The van der Waals surface area contributed by atoms with E-state index in [1.54, 1.807) is 6.07 Å². The van der Waals surface area contributed by atoms with Gasteiger partial charge in [0.15, 0.2) is 12.4 Å². The van der Waals surface area contributed by atoms with Gasteiger partial charge in [0, 0.05) is 30.9 Å². The molecule has 1 aliphatic rings. The third-order valence-corrected chi connectivity index (χ3v) is 8.16. The zero-order chi connectivity index (χ0) is 30.8. The van der Waals surface area contributed by atoms with Crippen LogP contribution in [0.5, 0.6) is 11.5 Å². The van der Waals surface area contributed by atoms with Crippen LogP contribution in [0.15, 0.2) is 48.8 Å². The molecule has 1 atom stereocenters. The third-order valence-electron chi connectivity index (χ3n) is 8.16. The molecule has 0 saturated carbocycles. The van der Waals surface area contributed by atoms with Crippen molar-refractivity contribution in [3.63, 3.8) is 0 Å². The van der Waals surface area contributed by atoms with Crippen molar-refractivity contribution in [3.8, 4) is 22.6 Å². The minimum Gasteiger partial charge on any atom is -0.506 e. The van der Waals surface area contributed by atoms with Gasteiger partial charge in [0.2, 0.25) is 5.91 Å². The Kier molecular flexibility index (Phi) is 11.6. The van der Waals surface area contributed by atoms with Gasteiger partial charge in [0.25, 0.3) is 5.91 Å². The van der Waals surface area contributed by atoms with E-state index >= 15 is 0 Å². The molecular formula is C34H46N4O5. The standard InChI is InChI=1S/C34H46N4O5/c1-5-37-22-29(21-35-37)28-12-9-10-26(20-28)15-18-42-19-16-32(41)38(25(4)24(2)3)17-8-6-7-11-27-13-14-30(39)33-34(27)43-23-31(40)36-33/h9-10,12-14,20-22,24-25,39H,5-8,11,15-19,23H2,1-4H3,(H,36,40)/t25-/m1/s1. The van der Waals surface area contributed by atoms with Crippen molar-refractivity contribution in [1.82, 2.24) is 14.7 Å².